The maximum atomic E-state index is 2.76. The van der Waals surface area contributed by atoms with E-state index in [9.17, 15) is 0 Å². The summed E-state index contributed by atoms with van der Waals surface area (Å²) in [7, 11) is 0. The van der Waals surface area contributed by atoms with E-state index in [-0.39, 0.29) is 0 Å². The highest BCUT2D eigenvalue weighted by atomic mass is 15.2. The zero-order valence-electron chi connectivity index (χ0n) is 15.0. The van der Waals surface area contributed by atoms with Crippen LogP contribution in [0, 0.1) is 5.92 Å². The molecule has 25 heavy (non-hydrogen) atoms. The van der Waals surface area contributed by atoms with Crippen molar-refractivity contribution in [1.29, 1.82) is 0 Å². The fourth-order valence-electron chi connectivity index (χ4n) is 5.35. The molecule has 2 nitrogen and oxygen atoms in total. The standard InChI is InChI=1S/C23H28N2/c1-2-8-21(9-3-1)25(17-23-14-18-10-12-24(23)13-11-18)22-15-19-6-4-5-7-20(19)16-22/h1-9,18,22-23H,10-17H2. The van der Waals surface area contributed by atoms with Gasteiger partial charge in [0.15, 0.2) is 0 Å². The van der Waals surface area contributed by atoms with Gasteiger partial charge in [0.1, 0.15) is 0 Å². The van der Waals surface area contributed by atoms with Crippen molar-refractivity contribution in [1.82, 2.24) is 4.90 Å². The normalized spacial score (nSPS) is 28.1. The molecular formula is C23H28N2. The van der Waals surface area contributed by atoms with Crippen molar-refractivity contribution in [2.45, 2.75) is 44.2 Å². The van der Waals surface area contributed by atoms with E-state index in [4.69, 9.17) is 0 Å². The van der Waals surface area contributed by atoms with E-state index < -0.39 is 0 Å². The lowest BCUT2D eigenvalue weighted by atomic mass is 9.83. The molecule has 0 saturated carbocycles. The van der Waals surface area contributed by atoms with Crippen LogP contribution in [0.25, 0.3) is 0 Å². The number of rotatable bonds is 4. The summed E-state index contributed by atoms with van der Waals surface area (Å²) in [6.07, 6.45) is 6.65. The van der Waals surface area contributed by atoms with Crippen LogP contribution < -0.4 is 4.90 Å². The van der Waals surface area contributed by atoms with Gasteiger partial charge in [0.05, 0.1) is 0 Å². The molecule has 0 N–H and O–H groups in total. The Morgan fingerprint density at radius 1 is 0.840 bits per heavy atom. The monoisotopic (exact) mass is 332 g/mol. The minimum absolute atomic E-state index is 0.612. The average molecular weight is 332 g/mol. The zero-order valence-corrected chi connectivity index (χ0v) is 15.0. The number of piperidine rings is 3. The van der Waals surface area contributed by atoms with Gasteiger partial charge in [-0.15, -0.1) is 0 Å². The maximum absolute atomic E-state index is 2.76. The van der Waals surface area contributed by atoms with E-state index in [1.165, 1.54) is 57.4 Å². The summed E-state index contributed by atoms with van der Waals surface area (Å²) in [5, 5.41) is 0. The molecule has 3 fully saturated rings. The molecule has 2 heteroatoms. The number of hydrogen-bond acceptors (Lipinski definition) is 2. The van der Waals surface area contributed by atoms with Crippen LogP contribution in [0.5, 0.6) is 0 Å². The first-order chi connectivity index (χ1) is 12.4. The van der Waals surface area contributed by atoms with E-state index in [2.05, 4.69) is 64.4 Å². The van der Waals surface area contributed by atoms with Crippen LogP contribution >= 0.6 is 0 Å². The van der Waals surface area contributed by atoms with Gasteiger partial charge in [-0.2, -0.15) is 0 Å². The summed E-state index contributed by atoms with van der Waals surface area (Å²) in [4.78, 5) is 5.49. The largest absolute Gasteiger partial charge is 0.366 e. The Morgan fingerprint density at radius 2 is 1.48 bits per heavy atom. The Kier molecular flexibility index (Phi) is 4.01. The third-order valence-electron chi connectivity index (χ3n) is 6.74. The minimum atomic E-state index is 0.612. The van der Waals surface area contributed by atoms with Gasteiger partial charge in [-0.25, -0.2) is 0 Å². The van der Waals surface area contributed by atoms with Crippen molar-refractivity contribution in [3.63, 3.8) is 0 Å². The zero-order chi connectivity index (χ0) is 16.6. The van der Waals surface area contributed by atoms with Crippen molar-refractivity contribution >= 4 is 5.69 Å². The summed E-state index contributed by atoms with van der Waals surface area (Å²) < 4.78 is 0. The van der Waals surface area contributed by atoms with Crippen molar-refractivity contribution in [3.8, 4) is 0 Å². The van der Waals surface area contributed by atoms with Crippen LogP contribution in [0.4, 0.5) is 5.69 Å². The Hall–Kier alpha value is -1.80. The lowest BCUT2D eigenvalue weighted by Crippen LogP contribution is -2.55. The second kappa shape index (κ2) is 6.49. The molecule has 2 bridgehead atoms. The molecule has 1 aliphatic carbocycles. The number of anilines is 1. The summed E-state index contributed by atoms with van der Waals surface area (Å²) in [5.41, 5.74) is 4.51. The lowest BCUT2D eigenvalue weighted by Gasteiger charge is -2.48. The molecule has 4 aliphatic rings. The first-order valence-electron chi connectivity index (χ1n) is 9.99. The van der Waals surface area contributed by atoms with Crippen LogP contribution in [0.15, 0.2) is 54.6 Å². The lowest BCUT2D eigenvalue weighted by molar-refractivity contribution is 0.0522. The van der Waals surface area contributed by atoms with Gasteiger partial charge in [-0.3, -0.25) is 4.90 Å². The Labute approximate surface area is 151 Å². The van der Waals surface area contributed by atoms with Crippen LogP contribution in [-0.4, -0.2) is 36.6 Å². The minimum Gasteiger partial charge on any atom is -0.366 e. The topological polar surface area (TPSA) is 6.48 Å². The summed E-state index contributed by atoms with van der Waals surface area (Å²) in [5.74, 6) is 0.980. The predicted molar refractivity (Wildman–Crippen MR) is 104 cm³/mol. The van der Waals surface area contributed by atoms with E-state index in [0.29, 0.717) is 6.04 Å². The van der Waals surface area contributed by atoms with Gasteiger partial charge in [0.2, 0.25) is 0 Å². The quantitative estimate of drug-likeness (QED) is 0.830. The van der Waals surface area contributed by atoms with E-state index in [0.717, 1.165) is 12.0 Å². The summed E-state index contributed by atoms with van der Waals surface area (Å²) in [6, 6.07) is 21.5. The smallest absolute Gasteiger partial charge is 0.0371 e. The second-order valence-electron chi connectivity index (χ2n) is 8.19. The van der Waals surface area contributed by atoms with E-state index in [1.54, 1.807) is 11.1 Å². The average Bonchev–Trinajstić information content (AvgIpc) is 3.11. The fraction of sp³-hybridized carbons (Fsp3) is 0.478. The molecule has 3 saturated heterocycles. The van der Waals surface area contributed by atoms with Crippen LogP contribution in [0.3, 0.4) is 0 Å². The van der Waals surface area contributed by atoms with Gasteiger partial charge in [-0.05, 0) is 74.4 Å². The molecular weight excluding hydrogens is 304 g/mol. The van der Waals surface area contributed by atoms with Crippen LogP contribution in [0.1, 0.15) is 30.4 Å². The second-order valence-corrected chi connectivity index (χ2v) is 8.19. The van der Waals surface area contributed by atoms with Gasteiger partial charge in [-0.1, -0.05) is 42.5 Å². The molecule has 1 unspecified atom stereocenters. The number of benzene rings is 2. The summed E-state index contributed by atoms with van der Waals surface area (Å²) >= 11 is 0. The van der Waals surface area contributed by atoms with E-state index >= 15 is 0 Å². The first kappa shape index (κ1) is 15.5. The molecule has 2 aromatic carbocycles. The molecule has 2 aromatic rings. The highest BCUT2D eigenvalue weighted by molar-refractivity contribution is 5.50. The van der Waals surface area contributed by atoms with Gasteiger partial charge in [0.25, 0.3) is 0 Å². The molecule has 3 heterocycles. The number of fused-ring (bicyclic) bond motifs is 4. The first-order valence-corrected chi connectivity index (χ1v) is 9.99. The molecule has 0 amide bonds. The highest BCUT2D eigenvalue weighted by Gasteiger charge is 2.36. The number of hydrogen-bond donors (Lipinski definition) is 0. The SMILES string of the molecule is c1ccc(N(CC2CC3CCN2CC3)C2Cc3ccccc3C2)cc1. The molecule has 3 aliphatic heterocycles. The highest BCUT2D eigenvalue weighted by Crippen LogP contribution is 2.35. The summed E-state index contributed by atoms with van der Waals surface area (Å²) in [6.45, 7) is 3.84. The van der Waals surface area contributed by atoms with Gasteiger partial charge < -0.3 is 4.90 Å². The van der Waals surface area contributed by atoms with Crippen molar-refractivity contribution in [3.05, 3.63) is 65.7 Å². The van der Waals surface area contributed by atoms with Crippen molar-refractivity contribution < 1.29 is 0 Å². The van der Waals surface area contributed by atoms with Crippen molar-refractivity contribution in [2.75, 3.05) is 24.5 Å². The van der Waals surface area contributed by atoms with Crippen LogP contribution in [0.2, 0.25) is 0 Å². The molecule has 0 spiro atoms. The Morgan fingerprint density at radius 3 is 2.08 bits per heavy atom. The van der Waals surface area contributed by atoms with E-state index in [1.807, 2.05) is 0 Å². The Balaban J connectivity index is 1.40. The molecule has 6 rings (SSSR count). The van der Waals surface area contributed by atoms with Gasteiger partial charge >= 0.3 is 0 Å². The predicted octanol–water partition coefficient (Wildman–Crippen LogP) is 4.14. The number of para-hydroxylation sites is 1. The fourth-order valence-corrected chi connectivity index (χ4v) is 5.35. The molecule has 0 radical (unpaired) electrons. The molecule has 1 atom stereocenters. The number of nitrogens with zero attached hydrogens (tertiary/aromatic N) is 2. The maximum Gasteiger partial charge on any atom is 0.0371 e. The molecule has 130 valence electrons. The molecule has 0 aromatic heterocycles. The van der Waals surface area contributed by atoms with Gasteiger partial charge in [0, 0.05) is 24.3 Å². The third kappa shape index (κ3) is 2.97. The van der Waals surface area contributed by atoms with Crippen LogP contribution in [-0.2, 0) is 12.8 Å². The third-order valence-corrected chi connectivity index (χ3v) is 6.74. The van der Waals surface area contributed by atoms with Crippen molar-refractivity contribution in [2.24, 2.45) is 5.92 Å². The Bertz CT molecular complexity index is 693.